The summed E-state index contributed by atoms with van der Waals surface area (Å²) in [6, 6.07) is 18.7. The Kier molecular flexibility index (Phi) is 15.1. The topological polar surface area (TPSA) is 107 Å². The van der Waals surface area contributed by atoms with Gasteiger partial charge in [0.25, 0.3) is 5.91 Å². The van der Waals surface area contributed by atoms with E-state index < -0.39 is 53.1 Å². The summed E-state index contributed by atoms with van der Waals surface area (Å²) in [6.07, 6.45) is -5.16. The molecule has 1 atom stereocenters. The molecule has 10 nitrogen and oxygen atoms in total. The normalized spacial score (nSPS) is 15.8. The van der Waals surface area contributed by atoms with E-state index in [1.54, 1.807) is 63.2 Å². The van der Waals surface area contributed by atoms with E-state index in [0.717, 1.165) is 60.9 Å². The maximum Gasteiger partial charge on any atom is 0.416 e. The highest BCUT2D eigenvalue weighted by atomic mass is 35.5. The number of methoxy groups -OCH3 is 1. The number of fused-ring (bicyclic) bond motifs is 2. The summed E-state index contributed by atoms with van der Waals surface area (Å²) >= 11 is 0. The van der Waals surface area contributed by atoms with E-state index in [0.29, 0.717) is 52.4 Å². The Morgan fingerprint density at radius 1 is 0.742 bits per heavy atom. The molecule has 4 aromatic rings. The van der Waals surface area contributed by atoms with Gasteiger partial charge in [-0.05, 0) is 153 Å². The van der Waals surface area contributed by atoms with Gasteiger partial charge in [-0.15, -0.1) is 12.4 Å². The summed E-state index contributed by atoms with van der Waals surface area (Å²) < 4.78 is 102. The van der Waals surface area contributed by atoms with Crippen LogP contribution >= 0.6 is 12.4 Å². The van der Waals surface area contributed by atoms with Crippen molar-refractivity contribution in [3.8, 4) is 11.5 Å². The lowest BCUT2D eigenvalue weighted by atomic mass is 10.00. The molecule has 2 heterocycles. The quantitative estimate of drug-likeness (QED) is 0.111. The van der Waals surface area contributed by atoms with Crippen molar-refractivity contribution in [2.45, 2.75) is 115 Å². The number of amides is 2. The molecule has 0 aromatic heterocycles. The van der Waals surface area contributed by atoms with Crippen LogP contribution in [0.5, 0.6) is 11.5 Å². The number of ether oxygens (including phenoxy) is 4. The molecular formula is C49H54ClF6N3O7. The van der Waals surface area contributed by atoms with E-state index in [1.807, 2.05) is 18.2 Å². The Hall–Kier alpha value is -5.64. The Balaban J connectivity index is 0.000000244. The predicted molar refractivity (Wildman–Crippen MR) is 238 cm³/mol. The van der Waals surface area contributed by atoms with Crippen molar-refractivity contribution in [2.24, 2.45) is 0 Å². The van der Waals surface area contributed by atoms with Crippen LogP contribution in [-0.2, 0) is 57.5 Å². The summed E-state index contributed by atoms with van der Waals surface area (Å²) in [5.74, 6) is 0.0698. The Morgan fingerprint density at radius 2 is 1.27 bits per heavy atom. The fourth-order valence-electron chi connectivity index (χ4n) is 8.05. The molecule has 2 aliphatic carbocycles. The van der Waals surface area contributed by atoms with Crippen LogP contribution in [0.3, 0.4) is 0 Å². The molecule has 2 amide bonds. The smallest absolute Gasteiger partial charge is 0.416 e. The van der Waals surface area contributed by atoms with E-state index >= 15 is 0 Å². The third kappa shape index (κ3) is 12.4. The molecule has 0 unspecified atom stereocenters. The zero-order valence-electron chi connectivity index (χ0n) is 37.4. The number of esters is 1. The highest BCUT2D eigenvalue weighted by Gasteiger charge is 2.40. The monoisotopic (exact) mass is 945 g/mol. The minimum Gasteiger partial charge on any atom is -0.489 e. The number of carbonyl (C=O) groups excluding carboxylic acids is 3. The zero-order chi connectivity index (χ0) is 46.8. The van der Waals surface area contributed by atoms with Gasteiger partial charge in [0.05, 0.1) is 24.7 Å². The number of carbonyl (C=O) groups is 3. The van der Waals surface area contributed by atoms with Crippen LogP contribution in [-0.4, -0.2) is 61.8 Å². The second kappa shape index (κ2) is 20.1. The largest absolute Gasteiger partial charge is 0.489 e. The molecule has 0 saturated heterocycles. The fraction of sp³-hybridized carbons (Fsp3) is 0.449. The standard InChI is InChI=1S/C30H35F3N2O6.C19H18F3NO.ClH/c1-29(2,3)41-28(38)34(4)25(16-26(36)39-5)27(37)35-13-12-20-15-21(9-11-24(20)35)40-17-18-6-10-22(19-7-8-19)23(14-18)30(31,32)33;20-19(21,22)17-9-12(1-5-16(17)13-2-3-13)11-24-15-4-6-18-14(10-15)7-8-23-18;/h6,9-11,14-15,19,25H,7-8,12-13,16-17H2,1-5H3;1,4-6,9-10,13,23H,2-3,7-8,11H2;1H/t25-;;/m1../s1. The summed E-state index contributed by atoms with van der Waals surface area (Å²) in [6.45, 7) is 6.42. The molecule has 1 N–H and O–H groups in total. The summed E-state index contributed by atoms with van der Waals surface area (Å²) in [5.41, 5.74) is 3.50. The first-order valence-electron chi connectivity index (χ1n) is 21.7. The highest BCUT2D eigenvalue weighted by molar-refractivity contribution is 6.02. The number of benzene rings is 4. The summed E-state index contributed by atoms with van der Waals surface area (Å²) in [7, 11) is 2.60. The summed E-state index contributed by atoms with van der Waals surface area (Å²) in [5, 5.41) is 3.27. The van der Waals surface area contributed by atoms with Crippen LogP contribution in [0.1, 0.15) is 109 Å². The minimum atomic E-state index is -4.43. The predicted octanol–water partition coefficient (Wildman–Crippen LogP) is 11.4. The van der Waals surface area contributed by atoms with E-state index in [1.165, 1.54) is 30.7 Å². The Bertz CT molecular complexity index is 2410. The molecule has 66 heavy (non-hydrogen) atoms. The number of anilines is 2. The molecule has 2 saturated carbocycles. The second-order valence-electron chi connectivity index (χ2n) is 17.9. The van der Waals surface area contributed by atoms with Gasteiger partial charge >= 0.3 is 24.4 Å². The molecule has 0 radical (unpaired) electrons. The number of rotatable bonds is 12. The minimum absolute atomic E-state index is 0. The Labute approximate surface area is 386 Å². The van der Waals surface area contributed by atoms with Gasteiger partial charge in [-0.1, -0.05) is 24.3 Å². The lowest BCUT2D eigenvalue weighted by molar-refractivity contribution is -0.144. The first kappa shape index (κ1) is 49.8. The van der Waals surface area contributed by atoms with Crippen molar-refractivity contribution in [1.29, 1.82) is 0 Å². The average Bonchev–Trinajstić information content (AvgIpc) is 4.19. The molecule has 17 heteroatoms. The van der Waals surface area contributed by atoms with Crippen molar-refractivity contribution in [3.63, 3.8) is 0 Å². The number of hydrogen-bond donors (Lipinski definition) is 1. The fourth-order valence-corrected chi connectivity index (χ4v) is 8.05. The van der Waals surface area contributed by atoms with Crippen molar-refractivity contribution in [3.05, 3.63) is 117 Å². The van der Waals surface area contributed by atoms with Gasteiger partial charge in [0.15, 0.2) is 0 Å². The third-order valence-corrected chi connectivity index (χ3v) is 11.7. The Morgan fingerprint density at radius 3 is 1.77 bits per heavy atom. The maximum atomic E-state index is 13.6. The first-order chi connectivity index (χ1) is 30.7. The van der Waals surface area contributed by atoms with Crippen LogP contribution in [0.2, 0.25) is 0 Å². The van der Waals surface area contributed by atoms with Crippen LogP contribution in [0.15, 0.2) is 72.8 Å². The SMILES string of the molecule is COC(=O)C[C@H](C(=O)N1CCc2cc(OCc3ccc(C4CC4)c(C(F)(F)F)c3)ccc21)N(C)C(=O)OC(C)(C)C.Cl.FC(F)(F)c1cc(COc2ccc3c(c2)CCN3)ccc1C1CC1. The van der Waals surface area contributed by atoms with Gasteiger partial charge in [0, 0.05) is 31.5 Å². The zero-order valence-corrected chi connectivity index (χ0v) is 38.2. The number of likely N-dealkylation sites (N-methyl/N-ethyl adjacent to an activating group) is 1. The molecule has 0 spiro atoms. The van der Waals surface area contributed by atoms with E-state index in [2.05, 4.69) is 5.32 Å². The second-order valence-corrected chi connectivity index (χ2v) is 17.9. The molecule has 4 aliphatic rings. The molecule has 2 aliphatic heterocycles. The average molecular weight is 946 g/mol. The van der Waals surface area contributed by atoms with Gasteiger partial charge in [-0.3, -0.25) is 14.5 Å². The maximum absolute atomic E-state index is 13.6. The van der Waals surface area contributed by atoms with Gasteiger partial charge < -0.3 is 29.2 Å². The third-order valence-electron chi connectivity index (χ3n) is 11.7. The molecule has 4 aromatic carbocycles. The van der Waals surface area contributed by atoms with E-state index in [4.69, 9.17) is 18.9 Å². The molecule has 8 rings (SSSR count). The number of halogens is 7. The first-order valence-corrected chi connectivity index (χ1v) is 21.7. The number of hydrogen-bond acceptors (Lipinski definition) is 8. The van der Waals surface area contributed by atoms with Crippen molar-refractivity contribution >= 4 is 41.8 Å². The van der Waals surface area contributed by atoms with Crippen LogP contribution in [0, 0.1) is 0 Å². The van der Waals surface area contributed by atoms with Gasteiger partial charge in [0.1, 0.15) is 36.4 Å². The van der Waals surface area contributed by atoms with Gasteiger partial charge in [-0.25, -0.2) is 4.79 Å². The number of alkyl halides is 6. The lowest BCUT2D eigenvalue weighted by Gasteiger charge is -2.32. The highest BCUT2D eigenvalue weighted by Crippen LogP contribution is 2.47. The van der Waals surface area contributed by atoms with Crippen molar-refractivity contribution in [2.75, 3.05) is 37.5 Å². The van der Waals surface area contributed by atoms with Crippen molar-refractivity contribution in [1.82, 2.24) is 4.90 Å². The number of nitrogens with zero attached hydrogens (tertiary/aromatic N) is 2. The summed E-state index contributed by atoms with van der Waals surface area (Å²) in [4.78, 5) is 41.0. The molecule has 2 fully saturated rings. The lowest BCUT2D eigenvalue weighted by Crippen LogP contribution is -2.51. The van der Waals surface area contributed by atoms with Gasteiger partial charge in [0.2, 0.25) is 0 Å². The molecule has 356 valence electrons. The van der Waals surface area contributed by atoms with E-state index in [-0.39, 0.29) is 43.9 Å². The van der Waals surface area contributed by atoms with Crippen LogP contribution < -0.4 is 19.7 Å². The van der Waals surface area contributed by atoms with Crippen molar-refractivity contribution < 1.29 is 59.7 Å². The molecule has 0 bridgehead atoms. The van der Waals surface area contributed by atoms with E-state index in [9.17, 15) is 40.7 Å². The van der Waals surface area contributed by atoms with Crippen LogP contribution in [0.4, 0.5) is 42.5 Å². The molecular weight excluding hydrogens is 892 g/mol. The van der Waals surface area contributed by atoms with Crippen LogP contribution in [0.25, 0.3) is 0 Å². The number of nitrogens with one attached hydrogen (secondary N) is 1. The van der Waals surface area contributed by atoms with Gasteiger partial charge in [-0.2, -0.15) is 26.3 Å².